The molecule has 0 aliphatic heterocycles. The van der Waals surface area contributed by atoms with Crippen LogP contribution in [-0.2, 0) is 0 Å². The van der Waals surface area contributed by atoms with E-state index in [0.29, 0.717) is 16.8 Å². The molecule has 0 saturated carbocycles. The molecule has 1 atom stereocenters. The highest BCUT2D eigenvalue weighted by Gasteiger charge is 2.13. The van der Waals surface area contributed by atoms with Gasteiger partial charge in [0.05, 0.1) is 11.7 Å². The second-order valence-corrected chi connectivity index (χ2v) is 5.55. The van der Waals surface area contributed by atoms with Gasteiger partial charge < -0.3 is 10.4 Å². The van der Waals surface area contributed by atoms with Crippen LogP contribution in [0.4, 0.5) is 5.69 Å². The zero-order chi connectivity index (χ0) is 14.7. The minimum atomic E-state index is -0.632. The summed E-state index contributed by atoms with van der Waals surface area (Å²) in [6.07, 6.45) is -0.632. The van der Waals surface area contributed by atoms with E-state index in [0.717, 1.165) is 10.0 Å². The Hall–Kier alpha value is -1.65. The van der Waals surface area contributed by atoms with Gasteiger partial charge in [-0.25, -0.2) is 0 Å². The van der Waals surface area contributed by atoms with E-state index in [2.05, 4.69) is 21.2 Å². The lowest BCUT2D eigenvalue weighted by molar-refractivity contribution is 0.102. The van der Waals surface area contributed by atoms with E-state index in [-0.39, 0.29) is 5.91 Å². The monoisotopic (exact) mass is 333 g/mol. The number of rotatable bonds is 3. The van der Waals surface area contributed by atoms with Gasteiger partial charge in [-0.3, -0.25) is 4.79 Å². The van der Waals surface area contributed by atoms with Gasteiger partial charge in [-0.2, -0.15) is 0 Å². The smallest absolute Gasteiger partial charge is 0.256 e. The van der Waals surface area contributed by atoms with E-state index >= 15 is 0 Å². The molecule has 0 bridgehead atoms. The van der Waals surface area contributed by atoms with E-state index in [4.69, 9.17) is 0 Å². The third kappa shape index (κ3) is 3.26. The molecule has 2 aromatic rings. The fourth-order valence-corrected chi connectivity index (χ4v) is 2.40. The SMILES string of the molecule is Cc1ccc(Br)c(C(=O)Nc2ccccc2C(C)O)c1. The predicted octanol–water partition coefficient (Wildman–Crippen LogP) is 4.06. The van der Waals surface area contributed by atoms with E-state index < -0.39 is 6.10 Å². The molecule has 0 heterocycles. The van der Waals surface area contributed by atoms with Crippen LogP contribution in [0, 0.1) is 6.92 Å². The fourth-order valence-electron chi connectivity index (χ4n) is 1.98. The van der Waals surface area contributed by atoms with Gasteiger partial charge in [0.15, 0.2) is 0 Å². The number of para-hydroxylation sites is 1. The number of aliphatic hydroxyl groups is 1. The highest BCUT2D eigenvalue weighted by atomic mass is 79.9. The normalized spacial score (nSPS) is 12.0. The Kier molecular flexibility index (Phi) is 4.57. The molecule has 2 aromatic carbocycles. The minimum Gasteiger partial charge on any atom is -0.389 e. The summed E-state index contributed by atoms with van der Waals surface area (Å²) in [5.74, 6) is -0.200. The van der Waals surface area contributed by atoms with Crippen molar-refractivity contribution in [2.24, 2.45) is 0 Å². The van der Waals surface area contributed by atoms with Gasteiger partial charge in [0, 0.05) is 15.7 Å². The number of carbonyl (C=O) groups is 1. The summed E-state index contributed by atoms with van der Waals surface area (Å²) in [5, 5.41) is 12.6. The standard InChI is InChI=1S/C16H16BrNO2/c1-10-7-8-14(17)13(9-10)16(20)18-15-6-4-3-5-12(15)11(2)19/h3-9,11,19H,1-2H3,(H,18,20). The highest BCUT2D eigenvalue weighted by Crippen LogP contribution is 2.24. The van der Waals surface area contributed by atoms with Crippen molar-refractivity contribution in [3.05, 3.63) is 63.6 Å². The van der Waals surface area contributed by atoms with Crippen LogP contribution < -0.4 is 5.32 Å². The van der Waals surface area contributed by atoms with Crippen LogP contribution in [-0.4, -0.2) is 11.0 Å². The summed E-state index contributed by atoms with van der Waals surface area (Å²) in [6, 6.07) is 12.8. The lowest BCUT2D eigenvalue weighted by Crippen LogP contribution is -2.14. The molecule has 2 N–H and O–H groups in total. The third-order valence-electron chi connectivity index (χ3n) is 3.03. The topological polar surface area (TPSA) is 49.3 Å². The van der Waals surface area contributed by atoms with E-state index in [9.17, 15) is 9.90 Å². The van der Waals surface area contributed by atoms with Gasteiger partial charge in [-0.05, 0) is 48.0 Å². The Balaban J connectivity index is 2.31. The molecule has 0 spiro atoms. The van der Waals surface area contributed by atoms with Gasteiger partial charge in [0.2, 0.25) is 0 Å². The van der Waals surface area contributed by atoms with Crippen LogP contribution in [0.15, 0.2) is 46.9 Å². The van der Waals surface area contributed by atoms with Crippen LogP contribution in [0.1, 0.15) is 34.5 Å². The summed E-state index contributed by atoms with van der Waals surface area (Å²) in [7, 11) is 0. The summed E-state index contributed by atoms with van der Waals surface area (Å²) < 4.78 is 0.745. The van der Waals surface area contributed by atoms with Crippen molar-refractivity contribution in [3.8, 4) is 0 Å². The molecule has 1 amide bonds. The molecule has 4 heteroatoms. The number of hydrogen-bond acceptors (Lipinski definition) is 2. The van der Waals surface area contributed by atoms with Crippen LogP contribution in [0.3, 0.4) is 0 Å². The fraction of sp³-hybridized carbons (Fsp3) is 0.188. The average molecular weight is 334 g/mol. The molecule has 0 aromatic heterocycles. The first-order valence-electron chi connectivity index (χ1n) is 6.33. The van der Waals surface area contributed by atoms with Crippen molar-refractivity contribution in [2.45, 2.75) is 20.0 Å². The number of carbonyl (C=O) groups excluding carboxylic acids is 1. The summed E-state index contributed by atoms with van der Waals surface area (Å²) >= 11 is 3.38. The summed E-state index contributed by atoms with van der Waals surface area (Å²) in [6.45, 7) is 3.61. The molecular formula is C16H16BrNO2. The molecule has 0 radical (unpaired) electrons. The first-order valence-corrected chi connectivity index (χ1v) is 7.13. The van der Waals surface area contributed by atoms with Gasteiger partial charge in [0.25, 0.3) is 5.91 Å². The lowest BCUT2D eigenvalue weighted by Gasteiger charge is -2.13. The molecule has 0 aliphatic carbocycles. The number of halogens is 1. The number of amides is 1. The van der Waals surface area contributed by atoms with Crippen LogP contribution in [0.5, 0.6) is 0 Å². The zero-order valence-corrected chi connectivity index (χ0v) is 12.9. The van der Waals surface area contributed by atoms with Crippen LogP contribution in [0.2, 0.25) is 0 Å². The Bertz CT molecular complexity index is 638. The van der Waals surface area contributed by atoms with Crippen molar-refractivity contribution >= 4 is 27.5 Å². The molecular weight excluding hydrogens is 318 g/mol. The Morgan fingerprint density at radius 3 is 2.65 bits per heavy atom. The maximum Gasteiger partial charge on any atom is 0.256 e. The number of nitrogens with one attached hydrogen (secondary N) is 1. The predicted molar refractivity (Wildman–Crippen MR) is 83.9 cm³/mol. The second-order valence-electron chi connectivity index (χ2n) is 4.70. The van der Waals surface area contributed by atoms with Crippen molar-refractivity contribution in [1.82, 2.24) is 0 Å². The average Bonchev–Trinajstić information content (AvgIpc) is 2.41. The van der Waals surface area contributed by atoms with Crippen LogP contribution in [0.25, 0.3) is 0 Å². The molecule has 104 valence electrons. The molecule has 2 rings (SSSR count). The van der Waals surface area contributed by atoms with Gasteiger partial charge >= 0.3 is 0 Å². The van der Waals surface area contributed by atoms with E-state index in [1.165, 1.54) is 0 Å². The molecule has 3 nitrogen and oxygen atoms in total. The lowest BCUT2D eigenvalue weighted by atomic mass is 10.1. The number of benzene rings is 2. The first kappa shape index (κ1) is 14.8. The molecule has 0 aliphatic rings. The van der Waals surface area contributed by atoms with Gasteiger partial charge in [-0.15, -0.1) is 0 Å². The van der Waals surface area contributed by atoms with E-state index in [1.807, 2.05) is 37.3 Å². The first-order chi connectivity index (χ1) is 9.49. The summed E-state index contributed by atoms with van der Waals surface area (Å²) in [5.41, 5.74) is 2.91. The number of hydrogen-bond donors (Lipinski definition) is 2. The summed E-state index contributed by atoms with van der Waals surface area (Å²) in [4.78, 5) is 12.3. The largest absolute Gasteiger partial charge is 0.389 e. The van der Waals surface area contributed by atoms with Crippen molar-refractivity contribution in [1.29, 1.82) is 0 Å². The minimum absolute atomic E-state index is 0.200. The number of anilines is 1. The van der Waals surface area contributed by atoms with Crippen molar-refractivity contribution < 1.29 is 9.90 Å². The van der Waals surface area contributed by atoms with Crippen molar-refractivity contribution in [2.75, 3.05) is 5.32 Å². The molecule has 0 saturated heterocycles. The molecule has 0 fully saturated rings. The Labute approximate surface area is 126 Å². The van der Waals surface area contributed by atoms with Crippen molar-refractivity contribution in [3.63, 3.8) is 0 Å². The van der Waals surface area contributed by atoms with Gasteiger partial charge in [0.1, 0.15) is 0 Å². The number of aliphatic hydroxyl groups excluding tert-OH is 1. The van der Waals surface area contributed by atoms with Crippen LogP contribution >= 0.6 is 15.9 Å². The molecule has 1 unspecified atom stereocenters. The molecule has 20 heavy (non-hydrogen) atoms. The van der Waals surface area contributed by atoms with E-state index in [1.54, 1.807) is 19.1 Å². The third-order valence-corrected chi connectivity index (χ3v) is 3.72. The Morgan fingerprint density at radius 2 is 1.95 bits per heavy atom. The number of aryl methyl sites for hydroxylation is 1. The quantitative estimate of drug-likeness (QED) is 0.889. The highest BCUT2D eigenvalue weighted by molar-refractivity contribution is 9.10. The van der Waals surface area contributed by atoms with Gasteiger partial charge in [-0.1, -0.05) is 29.8 Å². The Morgan fingerprint density at radius 1 is 1.25 bits per heavy atom. The second kappa shape index (κ2) is 6.20. The zero-order valence-electron chi connectivity index (χ0n) is 11.4. The maximum absolute atomic E-state index is 12.3. The maximum atomic E-state index is 12.3.